The summed E-state index contributed by atoms with van der Waals surface area (Å²) in [5.41, 5.74) is 2.72. The number of nitrogens with zero attached hydrogens (tertiary/aromatic N) is 2. The van der Waals surface area contributed by atoms with Crippen LogP contribution < -0.4 is 0 Å². The molecule has 2 heteroatoms. The molecule has 0 bridgehead atoms. The van der Waals surface area contributed by atoms with E-state index in [0.717, 1.165) is 0 Å². The molecular formula is C16H36N2. The van der Waals surface area contributed by atoms with Crippen molar-refractivity contribution in [3.63, 3.8) is 0 Å². The van der Waals surface area contributed by atoms with E-state index in [1.165, 1.54) is 24.4 Å². The van der Waals surface area contributed by atoms with Gasteiger partial charge in [0.05, 0.1) is 0 Å². The zero-order chi connectivity index (χ0) is 10.6. The molecule has 0 radical (unpaired) electrons. The highest BCUT2D eigenvalue weighted by molar-refractivity contribution is 5.03. The summed E-state index contributed by atoms with van der Waals surface area (Å²) in [6.07, 6.45) is 5.54. The number of aryl methyl sites for hydroxylation is 2. The minimum Gasteiger partial charge on any atom is -0.378 e. The maximum absolute atomic E-state index is 2.26. The van der Waals surface area contributed by atoms with Gasteiger partial charge in [0.25, 0.3) is 0 Å². The number of allylic oxidation sites excluding steroid dienone is 1. The van der Waals surface area contributed by atoms with E-state index in [9.17, 15) is 0 Å². The summed E-state index contributed by atoms with van der Waals surface area (Å²) < 4.78 is 2.08. The van der Waals surface area contributed by atoms with Crippen LogP contribution in [-0.4, -0.2) is 23.1 Å². The molecule has 1 aromatic heterocycles. The van der Waals surface area contributed by atoms with Gasteiger partial charge in [-0.15, -0.1) is 0 Å². The second-order valence-electron chi connectivity index (χ2n) is 3.82. The van der Waals surface area contributed by atoms with Crippen LogP contribution in [0.25, 0.3) is 0 Å². The van der Waals surface area contributed by atoms with E-state index >= 15 is 0 Å². The van der Waals surface area contributed by atoms with E-state index in [-0.39, 0.29) is 29.7 Å². The molecule has 0 aliphatic carbocycles. The molecule has 1 aliphatic rings. The first kappa shape index (κ1) is 25.6. The lowest BCUT2D eigenvalue weighted by atomic mass is 10.4. The third-order valence-electron chi connectivity index (χ3n) is 2.71. The zero-order valence-electron chi connectivity index (χ0n) is 9.62. The number of hydrogen-bond donors (Lipinski definition) is 0. The van der Waals surface area contributed by atoms with Gasteiger partial charge in [0.2, 0.25) is 0 Å². The molecule has 2 heterocycles. The SMILES string of the molecule is C.C.C.C.CC1=CCCN1C.Cc1cccn1C. The fraction of sp³-hybridized carbons (Fsp3) is 0.625. The second kappa shape index (κ2) is 12.3. The van der Waals surface area contributed by atoms with E-state index in [2.05, 4.69) is 42.5 Å². The van der Waals surface area contributed by atoms with Crippen LogP contribution in [0.5, 0.6) is 0 Å². The molecule has 0 aromatic carbocycles. The molecule has 0 fully saturated rings. The number of hydrogen-bond acceptors (Lipinski definition) is 1. The highest BCUT2D eigenvalue weighted by atomic mass is 15.1. The highest BCUT2D eigenvalue weighted by Crippen LogP contribution is 2.09. The summed E-state index contributed by atoms with van der Waals surface area (Å²) in [5, 5.41) is 0. The Balaban J connectivity index is -0.0000000891. The molecule has 0 saturated carbocycles. The molecule has 1 aliphatic heterocycles. The van der Waals surface area contributed by atoms with Crippen molar-refractivity contribution in [3.05, 3.63) is 35.8 Å². The average Bonchev–Trinajstić information content (AvgIpc) is 2.67. The van der Waals surface area contributed by atoms with Gasteiger partial charge in [-0.3, -0.25) is 0 Å². The van der Waals surface area contributed by atoms with Crippen molar-refractivity contribution in [2.24, 2.45) is 7.05 Å². The molecule has 0 saturated heterocycles. The summed E-state index contributed by atoms with van der Waals surface area (Å²) in [6.45, 7) is 5.44. The number of rotatable bonds is 0. The maximum atomic E-state index is 2.26. The van der Waals surface area contributed by atoms with Crippen LogP contribution in [0, 0.1) is 6.92 Å². The molecule has 2 rings (SSSR count). The zero-order valence-corrected chi connectivity index (χ0v) is 9.62. The lowest BCUT2D eigenvalue weighted by Gasteiger charge is -2.10. The van der Waals surface area contributed by atoms with Crippen LogP contribution in [0.2, 0.25) is 0 Å². The molecule has 0 spiro atoms. The molecule has 0 amide bonds. The van der Waals surface area contributed by atoms with Crippen LogP contribution in [0.1, 0.15) is 48.7 Å². The first-order valence-electron chi connectivity index (χ1n) is 5.07. The average molecular weight is 256 g/mol. The molecule has 0 atom stereocenters. The molecule has 2 nitrogen and oxygen atoms in total. The van der Waals surface area contributed by atoms with Crippen molar-refractivity contribution < 1.29 is 0 Å². The standard InChI is InChI=1S/C6H11N.C6H9N.4CH4/c2*1-6-4-3-5-7(6)2;;;;/h4H,3,5H2,1-2H3;3-5H,1-2H3;4*1H4. The van der Waals surface area contributed by atoms with Gasteiger partial charge in [-0.05, 0) is 32.4 Å². The van der Waals surface area contributed by atoms with Crippen LogP contribution in [0.3, 0.4) is 0 Å². The smallest absolute Gasteiger partial charge is 0.0206 e. The second-order valence-corrected chi connectivity index (χ2v) is 3.82. The van der Waals surface area contributed by atoms with E-state index in [0.29, 0.717) is 0 Å². The minimum absolute atomic E-state index is 0. The van der Waals surface area contributed by atoms with Crippen molar-refractivity contribution >= 4 is 0 Å². The predicted octanol–water partition coefficient (Wildman–Crippen LogP) is 5.10. The van der Waals surface area contributed by atoms with E-state index < -0.39 is 0 Å². The molecule has 0 unspecified atom stereocenters. The normalized spacial score (nSPS) is 11.6. The third kappa shape index (κ3) is 7.99. The van der Waals surface area contributed by atoms with Crippen molar-refractivity contribution in [2.75, 3.05) is 13.6 Å². The molecule has 110 valence electrons. The molecule has 1 aromatic rings. The Hall–Kier alpha value is -1.18. The lowest BCUT2D eigenvalue weighted by Crippen LogP contribution is -2.10. The summed E-state index contributed by atoms with van der Waals surface area (Å²) in [6, 6.07) is 4.12. The van der Waals surface area contributed by atoms with Crippen LogP contribution in [0.15, 0.2) is 30.1 Å². The first-order chi connectivity index (χ1) is 6.61. The van der Waals surface area contributed by atoms with Crippen LogP contribution in [0.4, 0.5) is 0 Å². The minimum atomic E-state index is 0. The highest BCUT2D eigenvalue weighted by Gasteiger charge is 2.02. The van der Waals surface area contributed by atoms with Crippen molar-refractivity contribution in [1.29, 1.82) is 0 Å². The van der Waals surface area contributed by atoms with Gasteiger partial charge < -0.3 is 9.47 Å². The van der Waals surface area contributed by atoms with Gasteiger partial charge in [-0.25, -0.2) is 0 Å². The Morgan fingerprint density at radius 3 is 1.67 bits per heavy atom. The van der Waals surface area contributed by atoms with Gasteiger partial charge in [0.15, 0.2) is 0 Å². The quantitative estimate of drug-likeness (QED) is 0.626. The lowest BCUT2D eigenvalue weighted by molar-refractivity contribution is 0.460. The summed E-state index contributed by atoms with van der Waals surface area (Å²) >= 11 is 0. The predicted molar refractivity (Wildman–Crippen MR) is 88.1 cm³/mol. The summed E-state index contributed by atoms with van der Waals surface area (Å²) in [5.74, 6) is 0. The molecule has 18 heavy (non-hydrogen) atoms. The van der Waals surface area contributed by atoms with Crippen molar-refractivity contribution in [2.45, 2.75) is 50.0 Å². The fourth-order valence-electron chi connectivity index (χ4n) is 1.35. The molecular weight excluding hydrogens is 220 g/mol. The summed E-state index contributed by atoms with van der Waals surface area (Å²) in [7, 11) is 4.16. The first-order valence-corrected chi connectivity index (χ1v) is 5.07. The Kier molecular flexibility index (Phi) is 17.5. The summed E-state index contributed by atoms with van der Waals surface area (Å²) in [4.78, 5) is 2.26. The number of aromatic nitrogens is 1. The van der Waals surface area contributed by atoms with Gasteiger partial charge in [-0.1, -0.05) is 35.8 Å². The van der Waals surface area contributed by atoms with Gasteiger partial charge in [0, 0.05) is 38.2 Å². The van der Waals surface area contributed by atoms with E-state index in [1.807, 2.05) is 19.3 Å². The topological polar surface area (TPSA) is 8.17 Å². The largest absolute Gasteiger partial charge is 0.378 e. The third-order valence-corrected chi connectivity index (χ3v) is 2.71. The van der Waals surface area contributed by atoms with Crippen molar-refractivity contribution in [1.82, 2.24) is 9.47 Å². The van der Waals surface area contributed by atoms with Gasteiger partial charge in [-0.2, -0.15) is 0 Å². The van der Waals surface area contributed by atoms with Crippen molar-refractivity contribution in [3.8, 4) is 0 Å². The van der Waals surface area contributed by atoms with Gasteiger partial charge in [0.1, 0.15) is 0 Å². The Morgan fingerprint density at radius 1 is 1.00 bits per heavy atom. The molecule has 0 N–H and O–H groups in total. The maximum Gasteiger partial charge on any atom is 0.0206 e. The van der Waals surface area contributed by atoms with E-state index in [1.54, 1.807) is 0 Å². The van der Waals surface area contributed by atoms with Crippen LogP contribution in [-0.2, 0) is 7.05 Å². The monoisotopic (exact) mass is 256 g/mol. The van der Waals surface area contributed by atoms with Crippen LogP contribution >= 0.6 is 0 Å². The van der Waals surface area contributed by atoms with E-state index in [4.69, 9.17) is 0 Å². The Labute approximate surface area is 116 Å². The Bertz CT molecular complexity index is 294. The fourth-order valence-corrected chi connectivity index (χ4v) is 1.35. The van der Waals surface area contributed by atoms with Gasteiger partial charge >= 0.3 is 0 Å². The Morgan fingerprint density at radius 2 is 1.56 bits per heavy atom.